The van der Waals surface area contributed by atoms with Gasteiger partial charge in [0.2, 0.25) is 15.9 Å². The fourth-order valence-corrected chi connectivity index (χ4v) is 5.13. The quantitative estimate of drug-likeness (QED) is 0.581. The van der Waals surface area contributed by atoms with Crippen molar-refractivity contribution in [3.05, 3.63) is 72.8 Å². The Morgan fingerprint density at radius 3 is 2.27 bits per heavy atom. The number of rotatable bonds is 5. The second-order valence-corrected chi connectivity index (χ2v) is 10.7. The molecule has 1 aliphatic rings. The Morgan fingerprint density at radius 1 is 0.970 bits per heavy atom. The molecule has 0 aliphatic carbocycles. The van der Waals surface area contributed by atoms with Crippen molar-refractivity contribution in [2.75, 3.05) is 11.4 Å². The smallest absolute Gasteiger partial charge is 0.313 e. The number of carbonyl (C=O) groups is 2. The van der Waals surface area contributed by atoms with E-state index in [0.717, 1.165) is 10.8 Å². The highest BCUT2D eigenvalue weighted by Gasteiger charge is 2.48. The van der Waals surface area contributed by atoms with Crippen LogP contribution < -0.4 is 9.62 Å². The SMILES string of the molecule is CC(C)(C)OC(=O)C1CN(c2ccccc2)C(=O)C1NS(=O)(=O)c1ccc2ccccc2c1. The minimum Gasteiger partial charge on any atom is -0.460 e. The number of ether oxygens (including phenoxy) is 1. The van der Waals surface area contributed by atoms with Gasteiger partial charge in [-0.2, -0.15) is 4.72 Å². The molecule has 172 valence electrons. The van der Waals surface area contributed by atoms with Gasteiger partial charge in [0.15, 0.2) is 0 Å². The second kappa shape index (κ2) is 8.61. The first-order valence-electron chi connectivity index (χ1n) is 10.7. The van der Waals surface area contributed by atoms with Gasteiger partial charge in [-0.05, 0) is 55.8 Å². The Hall–Kier alpha value is -3.23. The summed E-state index contributed by atoms with van der Waals surface area (Å²) in [4.78, 5) is 27.7. The molecule has 1 aliphatic heterocycles. The number of esters is 1. The monoisotopic (exact) mass is 466 g/mol. The predicted octanol–water partition coefficient (Wildman–Crippen LogP) is 3.49. The van der Waals surface area contributed by atoms with Crippen molar-refractivity contribution in [2.24, 2.45) is 5.92 Å². The number of amides is 1. The minimum absolute atomic E-state index is 0.0165. The second-order valence-electron chi connectivity index (χ2n) is 9.03. The molecular weight excluding hydrogens is 440 g/mol. The lowest BCUT2D eigenvalue weighted by Gasteiger charge is -2.24. The van der Waals surface area contributed by atoms with E-state index in [9.17, 15) is 18.0 Å². The molecule has 1 fully saturated rings. The van der Waals surface area contributed by atoms with E-state index in [1.54, 1.807) is 57.2 Å². The summed E-state index contributed by atoms with van der Waals surface area (Å²) in [6.45, 7) is 5.20. The van der Waals surface area contributed by atoms with E-state index in [1.165, 1.54) is 11.0 Å². The van der Waals surface area contributed by atoms with Crippen molar-refractivity contribution >= 4 is 38.4 Å². The molecule has 3 aromatic carbocycles. The van der Waals surface area contributed by atoms with Gasteiger partial charge in [-0.3, -0.25) is 9.59 Å². The van der Waals surface area contributed by atoms with Crippen LogP contribution in [-0.4, -0.2) is 38.5 Å². The molecular formula is C25H26N2O5S. The van der Waals surface area contributed by atoms with E-state index in [-0.39, 0.29) is 11.4 Å². The lowest BCUT2D eigenvalue weighted by atomic mass is 10.0. The highest BCUT2D eigenvalue weighted by molar-refractivity contribution is 7.89. The van der Waals surface area contributed by atoms with E-state index in [2.05, 4.69) is 4.72 Å². The molecule has 0 saturated carbocycles. The normalized spacial score (nSPS) is 19.1. The van der Waals surface area contributed by atoms with Crippen molar-refractivity contribution in [1.82, 2.24) is 4.72 Å². The van der Waals surface area contributed by atoms with Crippen LogP contribution in [0.2, 0.25) is 0 Å². The predicted molar refractivity (Wildman–Crippen MR) is 126 cm³/mol. The third kappa shape index (κ3) is 4.91. The molecule has 4 rings (SSSR count). The Bertz CT molecular complexity index is 1300. The zero-order valence-corrected chi connectivity index (χ0v) is 19.5. The van der Waals surface area contributed by atoms with Crippen LogP contribution in [0.1, 0.15) is 20.8 Å². The highest BCUT2D eigenvalue weighted by atomic mass is 32.2. The van der Waals surface area contributed by atoms with Gasteiger partial charge in [0.25, 0.3) is 0 Å². The van der Waals surface area contributed by atoms with Crippen LogP contribution in [-0.2, 0) is 24.3 Å². The topological polar surface area (TPSA) is 92.8 Å². The lowest BCUT2D eigenvalue weighted by Crippen LogP contribution is -2.47. The van der Waals surface area contributed by atoms with Gasteiger partial charge in [0.05, 0.1) is 4.90 Å². The third-order valence-electron chi connectivity index (χ3n) is 5.40. The van der Waals surface area contributed by atoms with Gasteiger partial charge < -0.3 is 9.64 Å². The number of para-hydroxylation sites is 1. The fourth-order valence-electron chi connectivity index (χ4n) is 3.86. The van der Waals surface area contributed by atoms with Gasteiger partial charge in [0, 0.05) is 12.2 Å². The molecule has 33 heavy (non-hydrogen) atoms. The van der Waals surface area contributed by atoms with Gasteiger partial charge >= 0.3 is 5.97 Å². The number of nitrogens with one attached hydrogen (secondary N) is 1. The van der Waals surface area contributed by atoms with Crippen LogP contribution in [0.3, 0.4) is 0 Å². The van der Waals surface area contributed by atoms with Crippen LogP contribution in [0.5, 0.6) is 0 Å². The number of hydrogen-bond acceptors (Lipinski definition) is 5. The molecule has 0 radical (unpaired) electrons. The zero-order valence-electron chi connectivity index (χ0n) is 18.7. The van der Waals surface area contributed by atoms with Gasteiger partial charge in [-0.1, -0.05) is 48.5 Å². The molecule has 2 atom stereocenters. The van der Waals surface area contributed by atoms with E-state index in [1.807, 2.05) is 30.3 Å². The largest absolute Gasteiger partial charge is 0.460 e. The van der Waals surface area contributed by atoms with Gasteiger partial charge in [0.1, 0.15) is 17.6 Å². The Balaban J connectivity index is 1.68. The summed E-state index contributed by atoms with van der Waals surface area (Å²) in [5, 5.41) is 1.66. The van der Waals surface area contributed by atoms with Crippen molar-refractivity contribution in [1.29, 1.82) is 0 Å². The van der Waals surface area contributed by atoms with Crippen LogP contribution in [0.15, 0.2) is 77.7 Å². The summed E-state index contributed by atoms with van der Waals surface area (Å²) in [7, 11) is -4.09. The molecule has 1 heterocycles. The summed E-state index contributed by atoms with van der Waals surface area (Å²) < 4.78 is 34.5. The van der Waals surface area contributed by atoms with E-state index in [0.29, 0.717) is 5.69 Å². The average Bonchev–Trinajstić information content (AvgIpc) is 3.08. The van der Waals surface area contributed by atoms with E-state index < -0.39 is 39.5 Å². The first kappa shape index (κ1) is 22.9. The minimum atomic E-state index is -4.09. The lowest BCUT2D eigenvalue weighted by molar-refractivity contribution is -0.160. The first-order valence-corrected chi connectivity index (χ1v) is 12.1. The molecule has 1 saturated heterocycles. The Morgan fingerprint density at radius 2 is 1.61 bits per heavy atom. The van der Waals surface area contributed by atoms with Crippen molar-refractivity contribution in [3.63, 3.8) is 0 Å². The van der Waals surface area contributed by atoms with Crippen LogP contribution in [0, 0.1) is 5.92 Å². The Labute approximate surface area is 193 Å². The zero-order chi connectivity index (χ0) is 23.8. The van der Waals surface area contributed by atoms with Crippen LogP contribution >= 0.6 is 0 Å². The van der Waals surface area contributed by atoms with Crippen molar-refractivity contribution < 1.29 is 22.7 Å². The summed E-state index contributed by atoms with van der Waals surface area (Å²) in [6, 6.07) is 19.7. The maximum absolute atomic E-state index is 13.3. The summed E-state index contributed by atoms with van der Waals surface area (Å²) >= 11 is 0. The fraction of sp³-hybridized carbons (Fsp3) is 0.280. The van der Waals surface area contributed by atoms with Crippen LogP contribution in [0.4, 0.5) is 5.69 Å². The summed E-state index contributed by atoms with van der Waals surface area (Å²) in [5.41, 5.74) is -0.189. The molecule has 1 amide bonds. The van der Waals surface area contributed by atoms with Crippen molar-refractivity contribution in [2.45, 2.75) is 37.3 Å². The summed E-state index contributed by atoms with van der Waals surface area (Å²) in [6.07, 6.45) is 0. The number of fused-ring (bicyclic) bond motifs is 1. The molecule has 3 aromatic rings. The number of benzene rings is 3. The maximum atomic E-state index is 13.3. The number of carbonyl (C=O) groups excluding carboxylic acids is 2. The molecule has 8 heteroatoms. The van der Waals surface area contributed by atoms with E-state index >= 15 is 0 Å². The molecule has 7 nitrogen and oxygen atoms in total. The van der Waals surface area contributed by atoms with Gasteiger partial charge in [-0.25, -0.2) is 8.42 Å². The molecule has 0 spiro atoms. The highest BCUT2D eigenvalue weighted by Crippen LogP contribution is 2.29. The third-order valence-corrected chi connectivity index (χ3v) is 6.84. The number of nitrogens with zero attached hydrogens (tertiary/aromatic N) is 1. The molecule has 1 N–H and O–H groups in total. The van der Waals surface area contributed by atoms with Gasteiger partial charge in [-0.15, -0.1) is 0 Å². The first-order chi connectivity index (χ1) is 15.5. The molecule has 2 unspecified atom stereocenters. The average molecular weight is 467 g/mol. The standard InChI is InChI=1S/C25H26N2O5S/c1-25(2,3)32-24(29)21-16-27(19-11-5-4-6-12-19)23(28)22(21)26-33(30,31)20-14-13-17-9-7-8-10-18(17)15-20/h4-15,21-22,26H,16H2,1-3H3. The molecule has 0 bridgehead atoms. The van der Waals surface area contributed by atoms with Crippen molar-refractivity contribution in [3.8, 4) is 0 Å². The Kier molecular flexibility index (Phi) is 5.99. The number of sulfonamides is 1. The molecule has 0 aromatic heterocycles. The maximum Gasteiger partial charge on any atom is 0.313 e. The van der Waals surface area contributed by atoms with E-state index in [4.69, 9.17) is 4.74 Å². The number of hydrogen-bond donors (Lipinski definition) is 1. The van der Waals surface area contributed by atoms with Crippen LogP contribution in [0.25, 0.3) is 10.8 Å². The summed E-state index contributed by atoms with van der Waals surface area (Å²) in [5.74, 6) is -2.12. The number of anilines is 1.